The molecule has 0 aliphatic heterocycles. The molecule has 1 amide bonds. The van der Waals surface area contributed by atoms with Crippen molar-refractivity contribution in [2.24, 2.45) is 5.73 Å². The van der Waals surface area contributed by atoms with Gasteiger partial charge in [0.15, 0.2) is 0 Å². The van der Waals surface area contributed by atoms with Crippen LogP contribution in [0.25, 0.3) is 0 Å². The molecular weight excluding hydrogens is 252 g/mol. The molecule has 2 N–H and O–H groups in total. The lowest BCUT2D eigenvalue weighted by Crippen LogP contribution is -2.30. The molecule has 0 aliphatic carbocycles. The lowest BCUT2D eigenvalue weighted by molar-refractivity contribution is -0.132. The lowest BCUT2D eigenvalue weighted by atomic mass is 10.1. The molecule has 0 spiro atoms. The Hall–Kier alpha value is -1.39. The monoisotopic (exact) mass is 278 g/mol. The predicted molar refractivity (Wildman–Crippen MR) is 81.2 cm³/mol. The summed E-state index contributed by atoms with van der Waals surface area (Å²) in [6, 6.07) is 8.02. The summed E-state index contributed by atoms with van der Waals surface area (Å²) >= 11 is 0. The van der Waals surface area contributed by atoms with Crippen LogP contribution in [-0.2, 0) is 22.6 Å². The second-order valence-corrected chi connectivity index (χ2v) is 4.68. The molecule has 0 fully saturated rings. The third-order valence-electron chi connectivity index (χ3n) is 3.32. The molecule has 4 heteroatoms. The highest BCUT2D eigenvalue weighted by molar-refractivity contribution is 5.76. The van der Waals surface area contributed by atoms with E-state index >= 15 is 0 Å². The lowest BCUT2D eigenvalue weighted by Gasteiger charge is -2.22. The molecule has 0 saturated heterocycles. The molecule has 0 heterocycles. The molecule has 4 nitrogen and oxygen atoms in total. The van der Waals surface area contributed by atoms with E-state index in [0.29, 0.717) is 39.3 Å². The number of hydrogen-bond acceptors (Lipinski definition) is 3. The number of rotatable bonds is 9. The molecule has 112 valence electrons. The maximum atomic E-state index is 12.2. The number of nitrogens with two attached hydrogens (primary N) is 1. The van der Waals surface area contributed by atoms with E-state index in [9.17, 15) is 4.79 Å². The zero-order valence-corrected chi connectivity index (χ0v) is 12.6. The van der Waals surface area contributed by atoms with Crippen molar-refractivity contribution in [2.45, 2.75) is 39.8 Å². The Bertz CT molecular complexity index is 407. The van der Waals surface area contributed by atoms with Gasteiger partial charge in [0.2, 0.25) is 5.91 Å². The highest BCUT2D eigenvalue weighted by Crippen LogP contribution is 2.12. The maximum Gasteiger partial charge on any atom is 0.222 e. The predicted octanol–water partition coefficient (Wildman–Crippen LogP) is 2.31. The summed E-state index contributed by atoms with van der Waals surface area (Å²) in [5.74, 6) is 0.180. The first-order chi connectivity index (χ1) is 9.72. The van der Waals surface area contributed by atoms with E-state index in [4.69, 9.17) is 10.5 Å². The molecule has 0 aromatic heterocycles. The molecule has 0 radical (unpaired) electrons. The average Bonchev–Trinajstić information content (AvgIpc) is 2.49. The van der Waals surface area contributed by atoms with Crippen molar-refractivity contribution in [2.75, 3.05) is 19.8 Å². The van der Waals surface area contributed by atoms with Gasteiger partial charge in [-0.25, -0.2) is 0 Å². The first kappa shape index (κ1) is 16.7. The van der Waals surface area contributed by atoms with E-state index in [1.807, 2.05) is 43.0 Å². The highest BCUT2D eigenvalue weighted by atomic mass is 16.5. The number of nitrogens with zero attached hydrogens (tertiary/aromatic N) is 1. The Morgan fingerprint density at radius 3 is 2.55 bits per heavy atom. The minimum atomic E-state index is 0.180. The highest BCUT2D eigenvalue weighted by Gasteiger charge is 2.13. The van der Waals surface area contributed by atoms with Crippen molar-refractivity contribution >= 4 is 5.91 Å². The Labute approximate surface area is 121 Å². The topological polar surface area (TPSA) is 55.6 Å². The third-order valence-corrected chi connectivity index (χ3v) is 3.32. The number of ether oxygens (including phenoxy) is 1. The van der Waals surface area contributed by atoms with E-state index in [1.54, 1.807) is 0 Å². The average molecular weight is 278 g/mol. The second kappa shape index (κ2) is 9.50. The van der Waals surface area contributed by atoms with Crippen LogP contribution in [0.1, 0.15) is 37.8 Å². The number of carbonyl (C=O) groups is 1. The van der Waals surface area contributed by atoms with Gasteiger partial charge < -0.3 is 15.4 Å². The van der Waals surface area contributed by atoms with E-state index in [0.717, 1.165) is 17.5 Å². The van der Waals surface area contributed by atoms with Crippen LogP contribution in [0.15, 0.2) is 24.3 Å². The van der Waals surface area contributed by atoms with E-state index in [1.165, 1.54) is 0 Å². The summed E-state index contributed by atoms with van der Waals surface area (Å²) in [5.41, 5.74) is 7.98. The first-order valence-corrected chi connectivity index (χ1v) is 7.35. The fourth-order valence-electron chi connectivity index (χ4n) is 2.12. The van der Waals surface area contributed by atoms with Crippen molar-refractivity contribution in [3.05, 3.63) is 35.4 Å². The summed E-state index contributed by atoms with van der Waals surface area (Å²) in [4.78, 5) is 14.1. The second-order valence-electron chi connectivity index (χ2n) is 4.68. The fraction of sp³-hybridized carbons (Fsp3) is 0.562. The Morgan fingerprint density at radius 2 is 1.95 bits per heavy atom. The van der Waals surface area contributed by atoms with Crippen molar-refractivity contribution in [3.63, 3.8) is 0 Å². The van der Waals surface area contributed by atoms with Crippen LogP contribution in [0.5, 0.6) is 0 Å². The maximum absolute atomic E-state index is 12.2. The van der Waals surface area contributed by atoms with Gasteiger partial charge in [0.1, 0.15) is 0 Å². The van der Waals surface area contributed by atoms with Gasteiger partial charge in [-0.3, -0.25) is 4.79 Å². The quantitative estimate of drug-likeness (QED) is 0.705. The van der Waals surface area contributed by atoms with Crippen LogP contribution in [0.4, 0.5) is 0 Å². The van der Waals surface area contributed by atoms with Crippen LogP contribution in [0.2, 0.25) is 0 Å². The van der Waals surface area contributed by atoms with E-state index < -0.39 is 0 Å². The number of benzene rings is 1. The van der Waals surface area contributed by atoms with Crippen LogP contribution in [0.3, 0.4) is 0 Å². The van der Waals surface area contributed by atoms with Gasteiger partial charge >= 0.3 is 0 Å². The minimum Gasteiger partial charge on any atom is -0.382 e. The van der Waals surface area contributed by atoms with Crippen molar-refractivity contribution < 1.29 is 9.53 Å². The Kier molecular flexibility index (Phi) is 7.92. The van der Waals surface area contributed by atoms with E-state index in [-0.39, 0.29) is 5.91 Å². The fourth-order valence-corrected chi connectivity index (χ4v) is 2.12. The van der Waals surface area contributed by atoms with Gasteiger partial charge in [-0.05, 0) is 31.4 Å². The summed E-state index contributed by atoms with van der Waals surface area (Å²) in [6.45, 7) is 7.18. The first-order valence-electron chi connectivity index (χ1n) is 7.35. The van der Waals surface area contributed by atoms with Crippen LogP contribution in [0, 0.1) is 0 Å². The molecule has 0 unspecified atom stereocenters. The Morgan fingerprint density at radius 1 is 1.25 bits per heavy atom. The molecule has 0 aliphatic rings. The minimum absolute atomic E-state index is 0.180. The standard InChI is InChI=1S/C16H26N2O2/c1-3-18(16(19)10-7-11-20-4-2)13-15-9-6-5-8-14(15)12-17/h5-6,8-9H,3-4,7,10-13,17H2,1-2H3. The smallest absolute Gasteiger partial charge is 0.222 e. The number of carbonyl (C=O) groups excluding carboxylic acids is 1. The molecule has 0 saturated carbocycles. The van der Waals surface area contributed by atoms with Crippen molar-refractivity contribution in [3.8, 4) is 0 Å². The molecule has 0 atom stereocenters. The molecule has 1 aromatic rings. The largest absolute Gasteiger partial charge is 0.382 e. The summed E-state index contributed by atoms with van der Waals surface area (Å²) < 4.78 is 5.26. The van der Waals surface area contributed by atoms with Crippen molar-refractivity contribution in [1.29, 1.82) is 0 Å². The summed E-state index contributed by atoms with van der Waals surface area (Å²) in [6.07, 6.45) is 1.32. The van der Waals surface area contributed by atoms with Gasteiger partial charge in [0.05, 0.1) is 0 Å². The normalized spacial score (nSPS) is 10.6. The molecule has 20 heavy (non-hydrogen) atoms. The van der Waals surface area contributed by atoms with Crippen LogP contribution in [-0.4, -0.2) is 30.6 Å². The van der Waals surface area contributed by atoms with Gasteiger partial charge in [0, 0.05) is 39.3 Å². The number of amides is 1. The van der Waals surface area contributed by atoms with E-state index in [2.05, 4.69) is 0 Å². The molecule has 1 aromatic carbocycles. The van der Waals surface area contributed by atoms with Gasteiger partial charge in [-0.1, -0.05) is 24.3 Å². The Balaban J connectivity index is 2.55. The zero-order chi connectivity index (χ0) is 14.8. The molecule has 1 rings (SSSR count). The van der Waals surface area contributed by atoms with Gasteiger partial charge in [-0.2, -0.15) is 0 Å². The number of hydrogen-bond donors (Lipinski definition) is 1. The third kappa shape index (κ3) is 5.31. The zero-order valence-electron chi connectivity index (χ0n) is 12.6. The van der Waals surface area contributed by atoms with Crippen LogP contribution >= 0.6 is 0 Å². The van der Waals surface area contributed by atoms with Crippen molar-refractivity contribution in [1.82, 2.24) is 4.90 Å². The SMILES string of the molecule is CCOCCCC(=O)N(CC)Cc1ccccc1CN. The molecular formula is C16H26N2O2. The van der Waals surface area contributed by atoms with Gasteiger partial charge in [0.25, 0.3) is 0 Å². The van der Waals surface area contributed by atoms with Gasteiger partial charge in [-0.15, -0.1) is 0 Å². The summed E-state index contributed by atoms with van der Waals surface area (Å²) in [5, 5.41) is 0. The molecule has 0 bridgehead atoms. The van der Waals surface area contributed by atoms with Crippen LogP contribution < -0.4 is 5.73 Å². The summed E-state index contributed by atoms with van der Waals surface area (Å²) in [7, 11) is 0.